The number of benzene rings is 2. The first-order valence-corrected chi connectivity index (χ1v) is 11.6. The van der Waals surface area contributed by atoms with E-state index in [0.29, 0.717) is 55.5 Å². The number of aliphatic imine (C=N–C) groups is 1. The standard InChI is InChI=1S/C26H24F3N5O2/c27-26(28,29)18-6-9-24(21(14-18)23-16-32-23)36-20-7-4-17(5-8-20)22-3-1-2-19(33-22)15-30-10-12-34-13-11-31-25(34)35/h1-9,14,30H,10-13,15-16H2,(H,31,35). The van der Waals surface area contributed by atoms with Gasteiger partial charge in [0, 0.05) is 43.9 Å². The van der Waals surface area contributed by atoms with Crippen LogP contribution in [-0.2, 0) is 12.7 Å². The Morgan fingerprint density at radius 2 is 1.89 bits per heavy atom. The molecule has 1 saturated heterocycles. The second-order valence-corrected chi connectivity index (χ2v) is 8.51. The maximum atomic E-state index is 13.1. The summed E-state index contributed by atoms with van der Waals surface area (Å²) in [7, 11) is 0. The van der Waals surface area contributed by atoms with Crippen molar-refractivity contribution < 1.29 is 22.7 Å². The highest BCUT2D eigenvalue weighted by Gasteiger charge is 2.32. The summed E-state index contributed by atoms with van der Waals surface area (Å²) in [5, 5.41) is 6.09. The van der Waals surface area contributed by atoms with Gasteiger partial charge in [0.2, 0.25) is 0 Å². The zero-order valence-electron chi connectivity index (χ0n) is 19.3. The minimum atomic E-state index is -4.42. The van der Waals surface area contributed by atoms with Crippen molar-refractivity contribution in [3.63, 3.8) is 0 Å². The molecule has 5 rings (SSSR count). The third kappa shape index (κ3) is 5.65. The molecule has 0 atom stereocenters. The molecular weight excluding hydrogens is 471 g/mol. The average molecular weight is 496 g/mol. The molecule has 186 valence electrons. The molecule has 2 N–H and O–H groups in total. The summed E-state index contributed by atoms with van der Waals surface area (Å²) < 4.78 is 45.2. The average Bonchev–Trinajstić information content (AvgIpc) is 3.63. The zero-order chi connectivity index (χ0) is 25.1. The van der Waals surface area contributed by atoms with Crippen LogP contribution in [-0.4, -0.2) is 54.4 Å². The van der Waals surface area contributed by atoms with Crippen LogP contribution in [0.25, 0.3) is 11.3 Å². The van der Waals surface area contributed by atoms with Crippen LogP contribution >= 0.6 is 0 Å². The second kappa shape index (κ2) is 9.98. The van der Waals surface area contributed by atoms with E-state index in [0.717, 1.165) is 35.6 Å². The van der Waals surface area contributed by atoms with Crippen molar-refractivity contribution in [2.24, 2.45) is 4.99 Å². The topological polar surface area (TPSA) is 78.9 Å². The highest BCUT2D eigenvalue weighted by atomic mass is 19.4. The molecule has 0 radical (unpaired) electrons. The van der Waals surface area contributed by atoms with Crippen molar-refractivity contribution in [1.29, 1.82) is 0 Å². The van der Waals surface area contributed by atoms with Gasteiger partial charge in [-0.2, -0.15) is 13.2 Å². The predicted molar refractivity (Wildman–Crippen MR) is 129 cm³/mol. The number of rotatable bonds is 9. The molecule has 0 spiro atoms. The number of amides is 2. The summed E-state index contributed by atoms with van der Waals surface area (Å²) in [6.07, 6.45) is -4.42. The van der Waals surface area contributed by atoms with Gasteiger partial charge in [0.15, 0.2) is 0 Å². The Morgan fingerprint density at radius 3 is 2.58 bits per heavy atom. The van der Waals surface area contributed by atoms with Crippen LogP contribution in [0, 0.1) is 0 Å². The van der Waals surface area contributed by atoms with Gasteiger partial charge in [-0.15, -0.1) is 0 Å². The first-order valence-electron chi connectivity index (χ1n) is 11.6. The maximum Gasteiger partial charge on any atom is 0.416 e. The molecule has 1 aromatic heterocycles. The zero-order valence-corrected chi connectivity index (χ0v) is 19.3. The fourth-order valence-electron chi connectivity index (χ4n) is 3.95. The Bertz CT molecular complexity index is 1290. The SMILES string of the molecule is O=C1NCCN1CCNCc1cccc(-c2ccc(Oc3ccc(C(F)(F)F)cc3C3=NC3)cc2)n1. The molecule has 0 unspecified atom stereocenters. The van der Waals surface area contributed by atoms with Gasteiger partial charge in [-0.25, -0.2) is 4.79 Å². The summed E-state index contributed by atoms with van der Waals surface area (Å²) in [6.45, 7) is 3.72. The summed E-state index contributed by atoms with van der Waals surface area (Å²) in [6, 6.07) is 16.4. The molecule has 2 amide bonds. The van der Waals surface area contributed by atoms with Crippen molar-refractivity contribution in [2.75, 3.05) is 32.7 Å². The van der Waals surface area contributed by atoms with Gasteiger partial charge in [-0.1, -0.05) is 6.07 Å². The lowest BCUT2D eigenvalue weighted by atomic mass is 10.1. The molecule has 36 heavy (non-hydrogen) atoms. The number of carbonyl (C=O) groups excluding carboxylic acids is 1. The Balaban J connectivity index is 1.22. The summed E-state index contributed by atoms with van der Waals surface area (Å²) in [4.78, 5) is 22.1. The van der Waals surface area contributed by atoms with Crippen LogP contribution in [0.1, 0.15) is 16.8 Å². The fourth-order valence-corrected chi connectivity index (χ4v) is 3.95. The van der Waals surface area contributed by atoms with Gasteiger partial charge in [0.1, 0.15) is 11.5 Å². The lowest BCUT2D eigenvalue weighted by molar-refractivity contribution is -0.137. The largest absolute Gasteiger partial charge is 0.457 e. The molecule has 7 nitrogen and oxygen atoms in total. The first-order chi connectivity index (χ1) is 17.4. The van der Waals surface area contributed by atoms with Crippen molar-refractivity contribution >= 4 is 11.7 Å². The van der Waals surface area contributed by atoms with E-state index in [4.69, 9.17) is 9.72 Å². The minimum Gasteiger partial charge on any atom is -0.457 e. The number of alkyl halides is 3. The van der Waals surface area contributed by atoms with Crippen LogP contribution in [0.4, 0.5) is 18.0 Å². The number of urea groups is 1. The third-order valence-electron chi connectivity index (χ3n) is 5.93. The monoisotopic (exact) mass is 495 g/mol. The van der Waals surface area contributed by atoms with Gasteiger partial charge in [0.25, 0.3) is 0 Å². The highest BCUT2D eigenvalue weighted by molar-refractivity contribution is 6.12. The lowest BCUT2D eigenvalue weighted by Gasteiger charge is -2.14. The number of ether oxygens (including phenoxy) is 1. The number of carbonyl (C=O) groups is 1. The number of nitrogens with zero attached hydrogens (tertiary/aromatic N) is 3. The Labute approximate surface area is 206 Å². The predicted octanol–water partition coefficient (Wildman–Crippen LogP) is 4.48. The highest BCUT2D eigenvalue weighted by Crippen LogP contribution is 2.36. The summed E-state index contributed by atoms with van der Waals surface area (Å²) in [5.74, 6) is 0.842. The Kier molecular flexibility index (Phi) is 6.60. The Morgan fingerprint density at radius 1 is 1.08 bits per heavy atom. The van der Waals surface area contributed by atoms with Crippen LogP contribution in [0.3, 0.4) is 0 Å². The van der Waals surface area contributed by atoms with Crippen LogP contribution in [0.5, 0.6) is 11.5 Å². The lowest BCUT2D eigenvalue weighted by Crippen LogP contribution is -2.34. The molecule has 1 fully saturated rings. The van der Waals surface area contributed by atoms with E-state index in [1.807, 2.05) is 30.3 Å². The molecule has 0 aliphatic carbocycles. The summed E-state index contributed by atoms with van der Waals surface area (Å²) in [5.41, 5.74) is 2.79. The normalized spacial score (nSPS) is 15.0. The van der Waals surface area contributed by atoms with Crippen molar-refractivity contribution in [2.45, 2.75) is 12.7 Å². The third-order valence-corrected chi connectivity index (χ3v) is 5.93. The van der Waals surface area contributed by atoms with Gasteiger partial charge in [0.05, 0.1) is 29.2 Å². The van der Waals surface area contributed by atoms with Gasteiger partial charge in [-0.05, 0) is 54.6 Å². The smallest absolute Gasteiger partial charge is 0.416 e. The molecule has 0 saturated carbocycles. The van der Waals surface area contributed by atoms with Crippen LogP contribution in [0.2, 0.25) is 0 Å². The quantitative estimate of drug-likeness (QED) is 0.429. The van der Waals surface area contributed by atoms with Gasteiger partial charge < -0.3 is 20.3 Å². The van der Waals surface area contributed by atoms with E-state index < -0.39 is 11.7 Å². The number of aromatic nitrogens is 1. The number of nitrogens with one attached hydrogen (secondary N) is 2. The summed E-state index contributed by atoms with van der Waals surface area (Å²) >= 11 is 0. The van der Waals surface area contributed by atoms with Gasteiger partial charge in [-0.3, -0.25) is 9.98 Å². The van der Waals surface area contributed by atoms with E-state index in [1.54, 1.807) is 17.0 Å². The van der Waals surface area contributed by atoms with E-state index in [1.165, 1.54) is 6.07 Å². The molecule has 10 heteroatoms. The van der Waals surface area contributed by atoms with Crippen LogP contribution in [0.15, 0.2) is 65.7 Å². The first kappa shape index (κ1) is 23.8. The fraction of sp³-hybridized carbons (Fsp3) is 0.269. The number of hydrogen-bond donors (Lipinski definition) is 2. The van der Waals surface area contributed by atoms with Gasteiger partial charge >= 0.3 is 12.2 Å². The molecule has 3 heterocycles. The Hall–Kier alpha value is -3.92. The maximum absolute atomic E-state index is 13.1. The molecule has 2 aromatic carbocycles. The van der Waals surface area contributed by atoms with E-state index in [2.05, 4.69) is 15.6 Å². The minimum absolute atomic E-state index is 0.0276. The van der Waals surface area contributed by atoms with E-state index in [9.17, 15) is 18.0 Å². The number of hydrogen-bond acceptors (Lipinski definition) is 5. The molecular formula is C26H24F3N5O2. The molecule has 0 bridgehead atoms. The molecule has 2 aliphatic heterocycles. The van der Waals surface area contributed by atoms with Crippen LogP contribution < -0.4 is 15.4 Å². The number of pyridine rings is 1. The van der Waals surface area contributed by atoms with E-state index in [-0.39, 0.29) is 6.03 Å². The molecule has 2 aliphatic rings. The second-order valence-electron chi connectivity index (χ2n) is 8.51. The van der Waals surface area contributed by atoms with Crippen molar-refractivity contribution in [3.8, 4) is 22.8 Å². The van der Waals surface area contributed by atoms with Crippen molar-refractivity contribution in [3.05, 3.63) is 77.5 Å². The van der Waals surface area contributed by atoms with Crippen molar-refractivity contribution in [1.82, 2.24) is 20.5 Å². The molecule has 3 aromatic rings. The van der Waals surface area contributed by atoms with E-state index >= 15 is 0 Å². The number of halogens is 3.